The molecule has 2 atom stereocenters. The number of anilines is 1. The van der Waals surface area contributed by atoms with Gasteiger partial charge < -0.3 is 10.2 Å². The zero-order valence-electron chi connectivity index (χ0n) is 10.1. The zero-order valence-corrected chi connectivity index (χ0v) is 11.7. The first-order chi connectivity index (χ1) is 8.24. The van der Waals surface area contributed by atoms with Gasteiger partial charge in [0.15, 0.2) is 0 Å². The Labute approximate surface area is 111 Å². The van der Waals surface area contributed by atoms with Crippen molar-refractivity contribution in [2.75, 3.05) is 31.1 Å². The third-order valence-electron chi connectivity index (χ3n) is 4.06. The Balaban J connectivity index is 1.78. The largest absolute Gasteiger partial charge is 0.356 e. The molecule has 3 heterocycles. The maximum absolute atomic E-state index is 4.54. The molecular formula is C13H18BrN3. The minimum absolute atomic E-state index is 0.814. The summed E-state index contributed by atoms with van der Waals surface area (Å²) in [5.41, 5.74) is 1.27. The van der Waals surface area contributed by atoms with Gasteiger partial charge in [-0.2, -0.15) is 0 Å². The van der Waals surface area contributed by atoms with Gasteiger partial charge in [-0.3, -0.25) is 0 Å². The fourth-order valence-electron chi connectivity index (χ4n) is 2.94. The van der Waals surface area contributed by atoms with Crippen molar-refractivity contribution < 1.29 is 0 Å². The van der Waals surface area contributed by atoms with Gasteiger partial charge in [-0.1, -0.05) is 0 Å². The molecule has 92 valence electrons. The van der Waals surface area contributed by atoms with Crippen molar-refractivity contribution in [2.45, 2.75) is 13.3 Å². The second-order valence-electron chi connectivity index (χ2n) is 5.20. The number of aromatic nitrogens is 1. The van der Waals surface area contributed by atoms with E-state index in [1.807, 2.05) is 6.20 Å². The highest BCUT2D eigenvalue weighted by Crippen LogP contribution is 2.29. The number of halogens is 1. The number of piperidine rings is 1. The molecule has 2 aliphatic heterocycles. The van der Waals surface area contributed by atoms with E-state index in [1.54, 1.807) is 0 Å². The highest BCUT2D eigenvalue weighted by Gasteiger charge is 2.33. The van der Waals surface area contributed by atoms with Crippen LogP contribution < -0.4 is 10.2 Å². The van der Waals surface area contributed by atoms with Crippen LogP contribution in [0.1, 0.15) is 12.0 Å². The summed E-state index contributed by atoms with van der Waals surface area (Å²) >= 11 is 3.51. The van der Waals surface area contributed by atoms with E-state index in [2.05, 4.69) is 44.1 Å². The number of nitrogens with one attached hydrogen (secondary N) is 1. The molecule has 1 N–H and O–H groups in total. The molecule has 1 aromatic heterocycles. The Bertz CT molecular complexity index is 421. The molecule has 0 aromatic carbocycles. The lowest BCUT2D eigenvalue weighted by molar-refractivity contribution is 0.347. The molecule has 2 saturated heterocycles. The van der Waals surface area contributed by atoms with E-state index in [9.17, 15) is 0 Å². The first kappa shape index (κ1) is 11.5. The van der Waals surface area contributed by atoms with E-state index < -0.39 is 0 Å². The summed E-state index contributed by atoms with van der Waals surface area (Å²) in [6, 6.07) is 2.19. The molecule has 17 heavy (non-hydrogen) atoms. The molecule has 0 bridgehead atoms. The fraction of sp³-hybridized carbons (Fsp3) is 0.615. The van der Waals surface area contributed by atoms with Gasteiger partial charge in [-0.15, -0.1) is 0 Å². The van der Waals surface area contributed by atoms with Crippen LogP contribution in [-0.4, -0.2) is 31.2 Å². The van der Waals surface area contributed by atoms with Gasteiger partial charge in [0.2, 0.25) is 0 Å². The van der Waals surface area contributed by atoms with Crippen LogP contribution in [0.25, 0.3) is 0 Å². The summed E-state index contributed by atoms with van der Waals surface area (Å²) in [4.78, 5) is 6.97. The maximum Gasteiger partial charge on any atom is 0.128 e. The van der Waals surface area contributed by atoms with Gasteiger partial charge in [0.25, 0.3) is 0 Å². The van der Waals surface area contributed by atoms with E-state index in [0.717, 1.165) is 35.2 Å². The van der Waals surface area contributed by atoms with Crippen molar-refractivity contribution in [1.82, 2.24) is 10.3 Å². The maximum atomic E-state index is 4.54. The normalized spacial score (nSPS) is 28.2. The highest BCUT2D eigenvalue weighted by atomic mass is 79.9. The summed E-state index contributed by atoms with van der Waals surface area (Å²) < 4.78 is 1.10. The van der Waals surface area contributed by atoms with Crippen molar-refractivity contribution in [1.29, 1.82) is 0 Å². The Hall–Kier alpha value is -0.610. The molecule has 0 saturated carbocycles. The summed E-state index contributed by atoms with van der Waals surface area (Å²) in [5, 5.41) is 3.50. The lowest BCUT2D eigenvalue weighted by atomic mass is 9.89. The van der Waals surface area contributed by atoms with Crippen molar-refractivity contribution in [2.24, 2.45) is 11.8 Å². The van der Waals surface area contributed by atoms with Gasteiger partial charge in [-0.25, -0.2) is 4.98 Å². The van der Waals surface area contributed by atoms with Gasteiger partial charge in [0.1, 0.15) is 5.82 Å². The molecule has 3 rings (SSSR count). The van der Waals surface area contributed by atoms with Crippen LogP contribution in [0.15, 0.2) is 16.7 Å². The first-order valence-corrected chi connectivity index (χ1v) is 7.11. The summed E-state index contributed by atoms with van der Waals surface area (Å²) in [6.07, 6.45) is 3.22. The fourth-order valence-corrected chi connectivity index (χ4v) is 3.16. The summed E-state index contributed by atoms with van der Waals surface area (Å²) in [6.45, 7) is 6.82. The van der Waals surface area contributed by atoms with Crippen LogP contribution in [0.5, 0.6) is 0 Å². The molecule has 2 aliphatic rings. The van der Waals surface area contributed by atoms with Gasteiger partial charge >= 0.3 is 0 Å². The number of fused-ring (bicyclic) bond motifs is 1. The van der Waals surface area contributed by atoms with E-state index in [-0.39, 0.29) is 0 Å². The second kappa shape index (κ2) is 4.58. The number of rotatable bonds is 1. The SMILES string of the molecule is Cc1cc(N2CCC3CNCC3C2)ncc1Br. The van der Waals surface area contributed by atoms with Gasteiger partial charge in [0, 0.05) is 23.8 Å². The molecule has 2 unspecified atom stereocenters. The van der Waals surface area contributed by atoms with Crippen molar-refractivity contribution in [3.63, 3.8) is 0 Å². The van der Waals surface area contributed by atoms with Gasteiger partial charge in [0.05, 0.1) is 0 Å². The van der Waals surface area contributed by atoms with Crippen LogP contribution >= 0.6 is 15.9 Å². The number of pyridine rings is 1. The Morgan fingerprint density at radius 2 is 2.24 bits per heavy atom. The minimum Gasteiger partial charge on any atom is -0.356 e. The van der Waals surface area contributed by atoms with Crippen molar-refractivity contribution in [3.8, 4) is 0 Å². The molecule has 1 aromatic rings. The smallest absolute Gasteiger partial charge is 0.128 e. The molecular weight excluding hydrogens is 278 g/mol. The quantitative estimate of drug-likeness (QED) is 0.861. The Morgan fingerprint density at radius 1 is 1.41 bits per heavy atom. The van der Waals surface area contributed by atoms with Crippen LogP contribution in [0, 0.1) is 18.8 Å². The monoisotopic (exact) mass is 295 g/mol. The zero-order chi connectivity index (χ0) is 11.8. The van der Waals surface area contributed by atoms with Crippen LogP contribution in [0.3, 0.4) is 0 Å². The third-order valence-corrected chi connectivity index (χ3v) is 4.89. The number of hydrogen-bond acceptors (Lipinski definition) is 3. The minimum atomic E-state index is 0.814. The first-order valence-electron chi connectivity index (χ1n) is 6.32. The average molecular weight is 296 g/mol. The third kappa shape index (κ3) is 2.20. The summed E-state index contributed by atoms with van der Waals surface area (Å²) in [5.74, 6) is 2.84. The van der Waals surface area contributed by atoms with E-state index in [4.69, 9.17) is 0 Å². The Kier molecular flexibility index (Phi) is 3.09. The molecule has 4 heteroatoms. The topological polar surface area (TPSA) is 28.2 Å². The van der Waals surface area contributed by atoms with E-state index in [0.29, 0.717) is 0 Å². The molecule has 0 spiro atoms. The second-order valence-corrected chi connectivity index (χ2v) is 6.06. The van der Waals surface area contributed by atoms with Crippen molar-refractivity contribution >= 4 is 21.7 Å². The lowest BCUT2D eigenvalue weighted by Crippen LogP contribution is -2.40. The predicted octanol–water partition coefficient (Wildman–Crippen LogP) is 2.20. The van der Waals surface area contributed by atoms with E-state index in [1.165, 1.54) is 25.1 Å². The summed E-state index contributed by atoms with van der Waals surface area (Å²) in [7, 11) is 0. The van der Waals surface area contributed by atoms with Crippen LogP contribution in [0.2, 0.25) is 0 Å². The molecule has 0 aliphatic carbocycles. The lowest BCUT2D eigenvalue weighted by Gasteiger charge is -2.35. The number of aryl methyl sites for hydroxylation is 1. The highest BCUT2D eigenvalue weighted by molar-refractivity contribution is 9.10. The molecule has 3 nitrogen and oxygen atoms in total. The molecule has 0 amide bonds. The van der Waals surface area contributed by atoms with Crippen molar-refractivity contribution in [3.05, 3.63) is 22.3 Å². The standard InChI is InChI=1S/C13H18BrN3/c1-9-4-13(16-7-12(9)14)17-3-2-10-5-15-6-11(10)8-17/h4,7,10-11,15H,2-3,5-6,8H2,1H3. The average Bonchev–Trinajstić information content (AvgIpc) is 2.79. The van der Waals surface area contributed by atoms with E-state index >= 15 is 0 Å². The number of nitrogens with zero attached hydrogens (tertiary/aromatic N) is 2. The number of hydrogen-bond donors (Lipinski definition) is 1. The Morgan fingerprint density at radius 3 is 3.06 bits per heavy atom. The molecule has 2 fully saturated rings. The molecule has 0 radical (unpaired) electrons. The van der Waals surface area contributed by atoms with Gasteiger partial charge in [-0.05, 0) is 65.8 Å². The predicted molar refractivity (Wildman–Crippen MR) is 73.4 cm³/mol. The van der Waals surface area contributed by atoms with Crippen LogP contribution in [-0.2, 0) is 0 Å². The van der Waals surface area contributed by atoms with Crippen LogP contribution in [0.4, 0.5) is 5.82 Å².